The molecule has 1 aliphatic rings. The number of rotatable bonds is 2. The summed E-state index contributed by atoms with van der Waals surface area (Å²) < 4.78 is 7.05. The predicted octanol–water partition coefficient (Wildman–Crippen LogP) is 5.04. The Labute approximate surface area is 126 Å². The van der Waals surface area contributed by atoms with Crippen molar-refractivity contribution in [3.05, 3.63) is 63.1 Å². The van der Waals surface area contributed by atoms with Gasteiger partial charge in [-0.05, 0) is 42.2 Å². The van der Waals surface area contributed by atoms with Gasteiger partial charge in [0.15, 0.2) is 0 Å². The highest BCUT2D eigenvalue weighted by Gasteiger charge is 2.20. The Morgan fingerprint density at radius 1 is 1.11 bits per heavy atom. The van der Waals surface area contributed by atoms with Crippen LogP contribution in [0.25, 0.3) is 0 Å². The van der Waals surface area contributed by atoms with Crippen LogP contribution in [0.15, 0.2) is 46.9 Å². The highest BCUT2D eigenvalue weighted by Crippen LogP contribution is 2.31. The lowest BCUT2D eigenvalue weighted by molar-refractivity contribution is 0.185. The third kappa shape index (κ3) is 2.96. The van der Waals surface area contributed by atoms with Crippen LogP contribution in [-0.2, 0) is 12.8 Å². The van der Waals surface area contributed by atoms with Crippen molar-refractivity contribution in [3.63, 3.8) is 0 Å². The minimum Gasteiger partial charge on any atom is -0.488 e. The second-order valence-corrected chi connectivity index (χ2v) is 6.15. The molecule has 0 spiro atoms. The van der Waals surface area contributed by atoms with Gasteiger partial charge in [-0.15, -0.1) is 0 Å². The standard InChI is InChI=1S/C16H14BrClO/c17-13-6-8-15(18)16(10-13)19-14-7-5-11-3-1-2-4-12(11)9-14/h1-4,6,8,10,14H,5,7,9H2. The molecular formula is C16H14BrClO. The van der Waals surface area contributed by atoms with Crippen molar-refractivity contribution in [2.75, 3.05) is 0 Å². The van der Waals surface area contributed by atoms with Crippen molar-refractivity contribution in [1.29, 1.82) is 0 Å². The normalized spacial score (nSPS) is 17.9. The van der Waals surface area contributed by atoms with Crippen LogP contribution in [0.3, 0.4) is 0 Å². The fourth-order valence-electron chi connectivity index (χ4n) is 2.51. The van der Waals surface area contributed by atoms with Gasteiger partial charge in [-0.2, -0.15) is 0 Å². The van der Waals surface area contributed by atoms with Crippen molar-refractivity contribution in [1.82, 2.24) is 0 Å². The maximum atomic E-state index is 6.17. The van der Waals surface area contributed by atoms with Crippen LogP contribution >= 0.6 is 27.5 Å². The van der Waals surface area contributed by atoms with Gasteiger partial charge in [0.2, 0.25) is 0 Å². The molecular weight excluding hydrogens is 324 g/mol. The first kappa shape index (κ1) is 13.0. The number of fused-ring (bicyclic) bond motifs is 1. The average molecular weight is 338 g/mol. The second kappa shape index (κ2) is 5.56. The van der Waals surface area contributed by atoms with Gasteiger partial charge in [0.1, 0.15) is 11.9 Å². The van der Waals surface area contributed by atoms with Gasteiger partial charge in [-0.1, -0.05) is 51.8 Å². The van der Waals surface area contributed by atoms with Crippen molar-refractivity contribution in [2.24, 2.45) is 0 Å². The third-order valence-electron chi connectivity index (χ3n) is 3.49. The van der Waals surface area contributed by atoms with Gasteiger partial charge in [-0.25, -0.2) is 0 Å². The van der Waals surface area contributed by atoms with Gasteiger partial charge >= 0.3 is 0 Å². The number of hydrogen-bond donors (Lipinski definition) is 0. The molecule has 0 N–H and O–H groups in total. The summed E-state index contributed by atoms with van der Waals surface area (Å²) in [5.41, 5.74) is 2.84. The largest absolute Gasteiger partial charge is 0.488 e. The van der Waals surface area contributed by atoms with Crippen molar-refractivity contribution >= 4 is 27.5 Å². The molecule has 0 heterocycles. The van der Waals surface area contributed by atoms with E-state index in [2.05, 4.69) is 40.2 Å². The van der Waals surface area contributed by atoms with Gasteiger partial charge < -0.3 is 4.74 Å². The first-order chi connectivity index (χ1) is 9.22. The molecule has 0 amide bonds. The monoisotopic (exact) mass is 336 g/mol. The highest BCUT2D eigenvalue weighted by atomic mass is 79.9. The summed E-state index contributed by atoms with van der Waals surface area (Å²) in [5, 5.41) is 0.669. The summed E-state index contributed by atoms with van der Waals surface area (Å²) >= 11 is 9.62. The molecule has 0 bridgehead atoms. The number of halogens is 2. The molecule has 0 saturated heterocycles. The Kier molecular flexibility index (Phi) is 3.81. The molecule has 1 nitrogen and oxygen atoms in total. The number of benzene rings is 2. The van der Waals surface area contributed by atoms with Gasteiger partial charge in [-0.3, -0.25) is 0 Å². The van der Waals surface area contributed by atoms with Crippen LogP contribution in [0.2, 0.25) is 5.02 Å². The number of aryl methyl sites for hydroxylation is 1. The lowest BCUT2D eigenvalue weighted by Gasteiger charge is -2.26. The topological polar surface area (TPSA) is 9.23 Å². The van der Waals surface area contributed by atoms with Crippen LogP contribution in [-0.4, -0.2) is 6.10 Å². The van der Waals surface area contributed by atoms with Crippen molar-refractivity contribution in [3.8, 4) is 5.75 Å². The molecule has 1 aliphatic carbocycles. The summed E-state index contributed by atoms with van der Waals surface area (Å²) in [6.45, 7) is 0. The van der Waals surface area contributed by atoms with E-state index in [1.807, 2.05) is 18.2 Å². The Balaban J connectivity index is 1.77. The Hall–Kier alpha value is -0.990. The van der Waals surface area contributed by atoms with E-state index in [1.54, 1.807) is 0 Å². The summed E-state index contributed by atoms with van der Waals surface area (Å²) in [7, 11) is 0. The molecule has 19 heavy (non-hydrogen) atoms. The first-order valence-electron chi connectivity index (χ1n) is 6.41. The van der Waals surface area contributed by atoms with Gasteiger partial charge in [0.05, 0.1) is 5.02 Å². The molecule has 3 rings (SSSR count). The quantitative estimate of drug-likeness (QED) is 0.746. The predicted molar refractivity (Wildman–Crippen MR) is 82.0 cm³/mol. The third-order valence-corrected chi connectivity index (χ3v) is 4.29. The molecule has 98 valence electrons. The second-order valence-electron chi connectivity index (χ2n) is 4.83. The van der Waals surface area contributed by atoms with E-state index < -0.39 is 0 Å². The Morgan fingerprint density at radius 3 is 2.74 bits per heavy atom. The summed E-state index contributed by atoms with van der Waals surface area (Å²) in [4.78, 5) is 0. The van der Waals surface area contributed by atoms with E-state index in [9.17, 15) is 0 Å². The maximum absolute atomic E-state index is 6.17. The lowest BCUT2D eigenvalue weighted by Crippen LogP contribution is -2.25. The van der Waals surface area contributed by atoms with E-state index >= 15 is 0 Å². The van der Waals surface area contributed by atoms with E-state index in [4.69, 9.17) is 16.3 Å². The van der Waals surface area contributed by atoms with E-state index in [0.29, 0.717) is 5.02 Å². The van der Waals surface area contributed by atoms with E-state index in [1.165, 1.54) is 11.1 Å². The smallest absolute Gasteiger partial charge is 0.139 e. The van der Waals surface area contributed by atoms with E-state index in [-0.39, 0.29) is 6.10 Å². The van der Waals surface area contributed by atoms with Gasteiger partial charge in [0, 0.05) is 10.9 Å². The molecule has 0 saturated carbocycles. The SMILES string of the molecule is Clc1ccc(Br)cc1OC1CCc2ccccc2C1. The Morgan fingerprint density at radius 2 is 1.89 bits per heavy atom. The van der Waals surface area contributed by atoms with E-state index in [0.717, 1.165) is 29.5 Å². The van der Waals surface area contributed by atoms with Crippen LogP contribution in [0, 0.1) is 0 Å². The molecule has 0 aromatic heterocycles. The number of ether oxygens (including phenoxy) is 1. The molecule has 0 fully saturated rings. The number of hydrogen-bond acceptors (Lipinski definition) is 1. The van der Waals surface area contributed by atoms with Crippen LogP contribution in [0.5, 0.6) is 5.75 Å². The zero-order valence-electron chi connectivity index (χ0n) is 10.4. The fourth-order valence-corrected chi connectivity index (χ4v) is 3.01. The molecule has 1 unspecified atom stereocenters. The van der Waals surface area contributed by atoms with Crippen LogP contribution < -0.4 is 4.74 Å². The molecule has 3 heteroatoms. The Bertz CT molecular complexity index is 597. The molecule has 0 radical (unpaired) electrons. The van der Waals surface area contributed by atoms with Crippen LogP contribution in [0.4, 0.5) is 0 Å². The average Bonchev–Trinajstić information content (AvgIpc) is 2.43. The summed E-state index contributed by atoms with van der Waals surface area (Å²) in [5.74, 6) is 0.764. The van der Waals surface area contributed by atoms with Crippen molar-refractivity contribution in [2.45, 2.75) is 25.4 Å². The summed E-state index contributed by atoms with van der Waals surface area (Å²) in [6, 6.07) is 14.3. The summed E-state index contributed by atoms with van der Waals surface area (Å²) in [6.07, 6.45) is 3.28. The maximum Gasteiger partial charge on any atom is 0.139 e. The molecule has 0 aliphatic heterocycles. The van der Waals surface area contributed by atoms with Gasteiger partial charge in [0.25, 0.3) is 0 Å². The molecule has 2 aromatic rings. The van der Waals surface area contributed by atoms with Crippen LogP contribution in [0.1, 0.15) is 17.5 Å². The molecule has 2 aromatic carbocycles. The zero-order chi connectivity index (χ0) is 13.2. The lowest BCUT2D eigenvalue weighted by atomic mass is 9.90. The zero-order valence-corrected chi connectivity index (χ0v) is 12.7. The highest BCUT2D eigenvalue weighted by molar-refractivity contribution is 9.10. The first-order valence-corrected chi connectivity index (χ1v) is 7.58. The molecule has 1 atom stereocenters. The fraction of sp³-hybridized carbons (Fsp3) is 0.250. The minimum absolute atomic E-state index is 0.210. The van der Waals surface area contributed by atoms with Crippen molar-refractivity contribution < 1.29 is 4.74 Å². The minimum atomic E-state index is 0.210.